The van der Waals surface area contributed by atoms with Gasteiger partial charge in [0.25, 0.3) is 0 Å². The van der Waals surface area contributed by atoms with Crippen LogP contribution >= 0.6 is 0 Å². The van der Waals surface area contributed by atoms with Gasteiger partial charge in [0.2, 0.25) is 5.90 Å². The third kappa shape index (κ3) is 4.14. The molecule has 1 aliphatic heterocycles. The average Bonchev–Trinajstić information content (AvgIpc) is 3.18. The molecule has 0 radical (unpaired) electrons. The molecule has 5 heteroatoms. The molecule has 0 bridgehead atoms. The van der Waals surface area contributed by atoms with Crippen LogP contribution in [0.1, 0.15) is 16.7 Å². The highest BCUT2D eigenvalue weighted by Crippen LogP contribution is 2.26. The molecule has 0 spiro atoms. The summed E-state index contributed by atoms with van der Waals surface area (Å²) in [6, 6.07) is 27.3. The molecule has 1 heterocycles. The molecular weight excluding hydrogens is 405 g/mol. The highest BCUT2D eigenvalue weighted by molar-refractivity contribution is 6.13. The molecule has 0 fully saturated rings. The number of carbonyl (C=O) groups excluding carboxylic acids is 1. The molecule has 0 aliphatic carbocycles. The third-order valence-corrected chi connectivity index (χ3v) is 5.11. The molecule has 0 saturated carbocycles. The molecule has 0 aromatic heterocycles. The zero-order valence-corrected chi connectivity index (χ0v) is 17.0. The van der Waals surface area contributed by atoms with Crippen LogP contribution in [0.15, 0.2) is 102 Å². The number of hydrogen-bond acceptors (Lipinski definition) is 4. The lowest BCUT2D eigenvalue weighted by Gasteiger charge is -2.09. The Labute approximate surface area is 184 Å². The Morgan fingerprint density at radius 2 is 1.69 bits per heavy atom. The fourth-order valence-corrected chi connectivity index (χ4v) is 3.52. The minimum absolute atomic E-state index is 0.190. The first-order valence-corrected chi connectivity index (χ1v) is 10.1. The maximum absolute atomic E-state index is 13.4. The van der Waals surface area contributed by atoms with E-state index < -0.39 is 5.97 Å². The first kappa shape index (κ1) is 19.7. The van der Waals surface area contributed by atoms with E-state index in [4.69, 9.17) is 9.47 Å². The maximum atomic E-state index is 13.4. The number of ether oxygens (including phenoxy) is 2. The SMILES string of the molecule is O=C1OC(c2ccc3ccccc3c2)=N/C1=C\c1ccccc1OCc1cccc(F)c1. The molecule has 5 rings (SSSR count). The molecule has 0 saturated heterocycles. The minimum Gasteiger partial charge on any atom is -0.488 e. The third-order valence-electron chi connectivity index (χ3n) is 5.11. The Hall–Kier alpha value is -4.25. The lowest BCUT2D eigenvalue weighted by atomic mass is 10.1. The largest absolute Gasteiger partial charge is 0.488 e. The summed E-state index contributed by atoms with van der Waals surface area (Å²) >= 11 is 0. The second-order valence-electron chi connectivity index (χ2n) is 7.35. The van der Waals surface area contributed by atoms with E-state index in [1.807, 2.05) is 60.7 Å². The van der Waals surface area contributed by atoms with Crippen LogP contribution in [0, 0.1) is 5.82 Å². The number of benzene rings is 4. The molecule has 32 heavy (non-hydrogen) atoms. The van der Waals surface area contributed by atoms with Gasteiger partial charge in [-0.2, -0.15) is 0 Å². The second kappa shape index (κ2) is 8.47. The molecule has 0 unspecified atom stereocenters. The van der Waals surface area contributed by atoms with Gasteiger partial charge in [-0.3, -0.25) is 0 Å². The minimum atomic E-state index is -0.520. The van der Waals surface area contributed by atoms with E-state index in [-0.39, 0.29) is 24.0 Å². The predicted octanol–water partition coefficient (Wildman–Crippen LogP) is 5.90. The predicted molar refractivity (Wildman–Crippen MR) is 122 cm³/mol. The van der Waals surface area contributed by atoms with Crippen molar-refractivity contribution in [2.75, 3.05) is 0 Å². The molecule has 0 atom stereocenters. The van der Waals surface area contributed by atoms with Gasteiger partial charge >= 0.3 is 5.97 Å². The number of nitrogens with zero attached hydrogens (tertiary/aromatic N) is 1. The maximum Gasteiger partial charge on any atom is 0.363 e. The lowest BCUT2D eigenvalue weighted by Crippen LogP contribution is -2.05. The molecule has 4 nitrogen and oxygen atoms in total. The average molecular weight is 423 g/mol. The Morgan fingerprint density at radius 3 is 2.56 bits per heavy atom. The van der Waals surface area contributed by atoms with Crippen molar-refractivity contribution >= 4 is 28.7 Å². The van der Waals surface area contributed by atoms with Crippen LogP contribution in [-0.2, 0) is 16.1 Å². The van der Waals surface area contributed by atoms with E-state index in [0.717, 1.165) is 16.3 Å². The van der Waals surface area contributed by atoms with Crippen molar-refractivity contribution < 1.29 is 18.7 Å². The van der Waals surface area contributed by atoms with E-state index in [1.165, 1.54) is 12.1 Å². The quantitative estimate of drug-likeness (QED) is 0.296. The van der Waals surface area contributed by atoms with Gasteiger partial charge in [-0.15, -0.1) is 0 Å². The summed E-state index contributed by atoms with van der Waals surface area (Å²) in [7, 11) is 0. The van der Waals surface area contributed by atoms with Crippen LogP contribution in [0.5, 0.6) is 5.75 Å². The topological polar surface area (TPSA) is 47.9 Å². The van der Waals surface area contributed by atoms with Crippen molar-refractivity contribution in [1.82, 2.24) is 0 Å². The first-order chi connectivity index (χ1) is 15.7. The standard InChI is InChI=1S/C27H18FNO3/c28-23-10-5-6-18(14-23)17-31-25-11-4-3-9-21(25)16-24-27(30)32-26(29-24)22-13-12-19-7-1-2-8-20(19)15-22/h1-16H,17H2/b24-16-. The van der Waals surface area contributed by atoms with Gasteiger partial charge in [0, 0.05) is 11.1 Å². The number of fused-ring (bicyclic) bond motifs is 1. The summed E-state index contributed by atoms with van der Waals surface area (Å²) < 4.78 is 24.7. The second-order valence-corrected chi connectivity index (χ2v) is 7.35. The summed E-state index contributed by atoms with van der Waals surface area (Å²) in [6.45, 7) is 0.202. The van der Waals surface area contributed by atoms with Crippen LogP contribution in [0.2, 0.25) is 0 Å². The summed E-state index contributed by atoms with van der Waals surface area (Å²) in [4.78, 5) is 16.9. The van der Waals surface area contributed by atoms with Crippen molar-refractivity contribution in [3.05, 3.63) is 119 Å². The van der Waals surface area contributed by atoms with Crippen molar-refractivity contribution in [3.63, 3.8) is 0 Å². The highest BCUT2D eigenvalue weighted by atomic mass is 19.1. The number of aliphatic imine (C=N–C) groups is 1. The summed E-state index contributed by atoms with van der Waals surface area (Å²) in [5, 5.41) is 2.14. The number of halogens is 1. The Bertz CT molecular complexity index is 1390. The Balaban J connectivity index is 1.41. The van der Waals surface area contributed by atoms with Crippen molar-refractivity contribution in [2.24, 2.45) is 4.99 Å². The van der Waals surface area contributed by atoms with E-state index in [9.17, 15) is 9.18 Å². The molecular formula is C27H18FNO3. The van der Waals surface area contributed by atoms with Crippen molar-refractivity contribution in [3.8, 4) is 5.75 Å². The summed E-state index contributed by atoms with van der Waals surface area (Å²) in [5.41, 5.74) is 2.31. The molecule has 1 aliphatic rings. The van der Waals surface area contributed by atoms with Gasteiger partial charge in [0.15, 0.2) is 5.70 Å². The van der Waals surface area contributed by atoms with Gasteiger partial charge in [-0.05, 0) is 52.7 Å². The molecule has 0 amide bonds. The molecule has 156 valence electrons. The smallest absolute Gasteiger partial charge is 0.363 e. The van der Waals surface area contributed by atoms with Gasteiger partial charge in [0.05, 0.1) is 0 Å². The zero-order valence-electron chi connectivity index (χ0n) is 17.0. The number of carbonyl (C=O) groups is 1. The molecule has 4 aromatic carbocycles. The lowest BCUT2D eigenvalue weighted by molar-refractivity contribution is -0.129. The van der Waals surface area contributed by atoms with Crippen LogP contribution in [0.4, 0.5) is 4.39 Å². The van der Waals surface area contributed by atoms with Crippen molar-refractivity contribution in [2.45, 2.75) is 6.61 Å². The van der Waals surface area contributed by atoms with Crippen molar-refractivity contribution in [1.29, 1.82) is 0 Å². The number of hydrogen-bond donors (Lipinski definition) is 0. The fourth-order valence-electron chi connectivity index (χ4n) is 3.52. The van der Waals surface area contributed by atoms with E-state index in [1.54, 1.807) is 24.3 Å². The van der Waals surface area contributed by atoms with E-state index in [0.29, 0.717) is 16.9 Å². The summed E-state index contributed by atoms with van der Waals surface area (Å²) in [6.07, 6.45) is 1.64. The molecule has 0 N–H and O–H groups in total. The number of para-hydroxylation sites is 1. The van der Waals surface area contributed by atoms with Gasteiger partial charge in [0.1, 0.15) is 18.2 Å². The molecule has 4 aromatic rings. The number of cyclic esters (lactones) is 1. The van der Waals surface area contributed by atoms with Crippen LogP contribution < -0.4 is 4.74 Å². The van der Waals surface area contributed by atoms with Crippen LogP contribution in [0.25, 0.3) is 16.8 Å². The van der Waals surface area contributed by atoms with Crippen LogP contribution in [0.3, 0.4) is 0 Å². The summed E-state index contributed by atoms with van der Waals surface area (Å²) in [5.74, 6) is -0.00423. The number of rotatable bonds is 5. The fraction of sp³-hybridized carbons (Fsp3) is 0.0370. The van der Waals surface area contributed by atoms with E-state index in [2.05, 4.69) is 4.99 Å². The van der Waals surface area contributed by atoms with Gasteiger partial charge in [-0.1, -0.05) is 60.7 Å². The number of esters is 1. The zero-order chi connectivity index (χ0) is 21.9. The highest BCUT2D eigenvalue weighted by Gasteiger charge is 2.24. The first-order valence-electron chi connectivity index (χ1n) is 10.1. The van der Waals surface area contributed by atoms with E-state index >= 15 is 0 Å². The normalized spacial score (nSPS) is 14.5. The Kier molecular flexibility index (Phi) is 5.22. The monoisotopic (exact) mass is 423 g/mol. The Morgan fingerprint density at radius 1 is 0.875 bits per heavy atom. The van der Waals surface area contributed by atoms with Gasteiger partial charge in [-0.25, -0.2) is 14.2 Å². The van der Waals surface area contributed by atoms with Crippen LogP contribution in [-0.4, -0.2) is 11.9 Å². The van der Waals surface area contributed by atoms with Gasteiger partial charge < -0.3 is 9.47 Å².